The molecule has 8 heteroatoms. The Morgan fingerprint density at radius 3 is 2.52 bits per heavy atom. The lowest BCUT2D eigenvalue weighted by atomic mass is 10.1. The lowest BCUT2D eigenvalue weighted by Crippen LogP contribution is -2.39. The minimum atomic E-state index is -0.570. The Hall–Kier alpha value is -1.60. The molecule has 0 aromatic carbocycles. The summed E-state index contributed by atoms with van der Waals surface area (Å²) >= 11 is 0. The molecule has 0 bridgehead atoms. The number of aromatic amines is 1. The van der Waals surface area contributed by atoms with Crippen molar-refractivity contribution in [1.29, 1.82) is 0 Å². The monoisotopic (exact) mass is 344 g/mol. The Labute approximate surface area is 141 Å². The van der Waals surface area contributed by atoms with E-state index in [1.165, 1.54) is 55.4 Å². The Balaban J connectivity index is 0.00000264. The van der Waals surface area contributed by atoms with Crippen LogP contribution in [0.3, 0.4) is 0 Å². The zero-order chi connectivity index (χ0) is 15.8. The largest absolute Gasteiger partial charge is 0.353 e. The fourth-order valence-corrected chi connectivity index (χ4v) is 2.74. The zero-order valence-electron chi connectivity index (χ0n) is 13.2. The molecule has 0 atom stereocenters. The molecule has 1 amide bonds. The lowest BCUT2D eigenvalue weighted by Gasteiger charge is -2.16. The first-order valence-electron chi connectivity index (χ1n) is 7.95. The summed E-state index contributed by atoms with van der Waals surface area (Å²) in [6.45, 7) is 1.18. The molecule has 0 spiro atoms. The minimum absolute atomic E-state index is 0. The third-order valence-corrected chi connectivity index (χ3v) is 3.95. The maximum absolute atomic E-state index is 11.8. The van der Waals surface area contributed by atoms with E-state index in [0.717, 1.165) is 6.54 Å². The number of aromatic nitrogens is 2. The van der Waals surface area contributed by atoms with Crippen molar-refractivity contribution in [3.8, 4) is 0 Å². The van der Waals surface area contributed by atoms with Gasteiger partial charge in [0.2, 0.25) is 5.91 Å². The normalized spacial score (nSPS) is 15.5. The minimum Gasteiger partial charge on any atom is -0.353 e. The Kier molecular flexibility index (Phi) is 8.65. The summed E-state index contributed by atoms with van der Waals surface area (Å²) in [7, 11) is 0. The number of amides is 1. The number of nitrogens with zero attached hydrogens (tertiary/aromatic N) is 1. The van der Waals surface area contributed by atoms with Crippen LogP contribution in [-0.4, -0.2) is 34.6 Å². The number of hydrogen-bond acceptors (Lipinski definition) is 4. The molecule has 0 saturated heterocycles. The summed E-state index contributed by atoms with van der Waals surface area (Å²) in [5, 5.41) is 6.24. The van der Waals surface area contributed by atoms with Gasteiger partial charge in [-0.3, -0.25) is 19.1 Å². The van der Waals surface area contributed by atoms with Crippen LogP contribution in [-0.2, 0) is 11.3 Å². The third kappa shape index (κ3) is 7.00. The highest BCUT2D eigenvalue weighted by molar-refractivity contribution is 5.85. The van der Waals surface area contributed by atoms with Gasteiger partial charge in [-0.2, -0.15) is 0 Å². The molecule has 1 fully saturated rings. The topological polar surface area (TPSA) is 96.0 Å². The Morgan fingerprint density at radius 1 is 1.17 bits per heavy atom. The SMILES string of the molecule is Cl.O=C(Cn1ccc(=O)[nH]c1=O)NCCNC1CCCCCC1. The third-order valence-electron chi connectivity index (χ3n) is 3.95. The first-order chi connectivity index (χ1) is 10.6. The number of carbonyl (C=O) groups excluding carboxylic acids is 1. The molecule has 1 aliphatic rings. The second kappa shape index (κ2) is 10.2. The van der Waals surface area contributed by atoms with Crippen LogP contribution in [0.1, 0.15) is 38.5 Å². The average molecular weight is 345 g/mol. The summed E-state index contributed by atoms with van der Waals surface area (Å²) in [5.41, 5.74) is -1.03. The second-order valence-electron chi connectivity index (χ2n) is 5.73. The van der Waals surface area contributed by atoms with Gasteiger partial charge in [0.15, 0.2) is 0 Å². The van der Waals surface area contributed by atoms with E-state index < -0.39 is 11.2 Å². The molecule has 0 unspecified atom stereocenters. The van der Waals surface area contributed by atoms with Gasteiger partial charge in [-0.15, -0.1) is 12.4 Å². The summed E-state index contributed by atoms with van der Waals surface area (Å²) in [4.78, 5) is 36.3. The molecule has 2 rings (SSSR count). The van der Waals surface area contributed by atoms with Crippen molar-refractivity contribution in [3.63, 3.8) is 0 Å². The van der Waals surface area contributed by atoms with Gasteiger partial charge in [0.25, 0.3) is 5.56 Å². The molecule has 130 valence electrons. The number of hydrogen-bond donors (Lipinski definition) is 3. The standard InChI is InChI=1S/C15H24N4O3.ClH/c20-13-7-10-19(15(22)18-13)11-14(21)17-9-8-16-12-5-3-1-2-4-6-12;/h7,10,12,16H,1-6,8-9,11H2,(H,17,21)(H,18,20,22);1H. The van der Waals surface area contributed by atoms with Gasteiger partial charge >= 0.3 is 5.69 Å². The van der Waals surface area contributed by atoms with E-state index in [1.807, 2.05) is 0 Å². The number of halogens is 1. The molecule has 1 aromatic rings. The number of carbonyl (C=O) groups is 1. The molecule has 1 saturated carbocycles. The summed E-state index contributed by atoms with van der Waals surface area (Å²) in [6.07, 6.45) is 8.94. The molecular weight excluding hydrogens is 320 g/mol. The predicted molar refractivity (Wildman–Crippen MR) is 91.1 cm³/mol. The van der Waals surface area contributed by atoms with Crippen molar-refractivity contribution in [1.82, 2.24) is 20.2 Å². The fraction of sp³-hybridized carbons (Fsp3) is 0.667. The Morgan fingerprint density at radius 2 is 1.87 bits per heavy atom. The molecular formula is C15H25ClN4O3. The van der Waals surface area contributed by atoms with Crippen LogP contribution in [0.25, 0.3) is 0 Å². The maximum atomic E-state index is 11.8. The first kappa shape index (κ1) is 19.4. The van der Waals surface area contributed by atoms with E-state index in [1.54, 1.807) is 0 Å². The zero-order valence-corrected chi connectivity index (χ0v) is 14.0. The molecule has 1 aromatic heterocycles. The fourth-order valence-electron chi connectivity index (χ4n) is 2.74. The molecule has 3 N–H and O–H groups in total. The highest BCUT2D eigenvalue weighted by Gasteiger charge is 2.11. The highest BCUT2D eigenvalue weighted by Crippen LogP contribution is 2.16. The van der Waals surface area contributed by atoms with Crippen molar-refractivity contribution in [2.75, 3.05) is 13.1 Å². The van der Waals surface area contributed by atoms with Crippen molar-refractivity contribution in [3.05, 3.63) is 33.1 Å². The average Bonchev–Trinajstić information content (AvgIpc) is 2.75. The quantitative estimate of drug-likeness (QED) is 0.513. The van der Waals surface area contributed by atoms with Crippen LogP contribution < -0.4 is 21.9 Å². The van der Waals surface area contributed by atoms with E-state index in [4.69, 9.17) is 0 Å². The van der Waals surface area contributed by atoms with Gasteiger partial charge < -0.3 is 10.6 Å². The highest BCUT2D eigenvalue weighted by atomic mass is 35.5. The Bertz CT molecular complexity index is 591. The van der Waals surface area contributed by atoms with Gasteiger partial charge in [-0.05, 0) is 12.8 Å². The summed E-state index contributed by atoms with van der Waals surface area (Å²) < 4.78 is 1.18. The molecule has 1 heterocycles. The maximum Gasteiger partial charge on any atom is 0.328 e. The lowest BCUT2D eigenvalue weighted by molar-refractivity contribution is -0.121. The molecule has 0 aliphatic heterocycles. The van der Waals surface area contributed by atoms with E-state index in [9.17, 15) is 14.4 Å². The van der Waals surface area contributed by atoms with E-state index >= 15 is 0 Å². The number of H-pyrrole nitrogens is 1. The predicted octanol–water partition coefficient (Wildman–Crippen LogP) is 0.387. The summed E-state index contributed by atoms with van der Waals surface area (Å²) in [5.74, 6) is -0.239. The first-order valence-corrected chi connectivity index (χ1v) is 7.95. The molecule has 23 heavy (non-hydrogen) atoms. The smallest absolute Gasteiger partial charge is 0.328 e. The van der Waals surface area contributed by atoms with Crippen LogP contribution in [0.4, 0.5) is 0 Å². The second-order valence-corrected chi connectivity index (χ2v) is 5.73. The molecule has 0 radical (unpaired) electrons. The van der Waals surface area contributed by atoms with Crippen molar-refractivity contribution in [2.24, 2.45) is 0 Å². The van der Waals surface area contributed by atoms with Gasteiger partial charge in [-0.25, -0.2) is 4.79 Å². The van der Waals surface area contributed by atoms with Crippen molar-refractivity contribution < 1.29 is 4.79 Å². The molecule has 7 nitrogen and oxygen atoms in total. The van der Waals surface area contributed by atoms with Crippen LogP contribution in [0.15, 0.2) is 21.9 Å². The van der Waals surface area contributed by atoms with E-state index in [-0.39, 0.29) is 24.9 Å². The van der Waals surface area contributed by atoms with Gasteiger partial charge in [0.1, 0.15) is 6.54 Å². The van der Waals surface area contributed by atoms with Crippen LogP contribution in [0.5, 0.6) is 0 Å². The van der Waals surface area contributed by atoms with Gasteiger partial charge in [0, 0.05) is 31.4 Å². The number of rotatable bonds is 6. The van der Waals surface area contributed by atoms with Gasteiger partial charge in [-0.1, -0.05) is 25.7 Å². The van der Waals surface area contributed by atoms with Crippen molar-refractivity contribution >= 4 is 18.3 Å². The summed E-state index contributed by atoms with van der Waals surface area (Å²) in [6, 6.07) is 1.78. The van der Waals surface area contributed by atoms with Crippen LogP contribution in [0, 0.1) is 0 Å². The van der Waals surface area contributed by atoms with Gasteiger partial charge in [0.05, 0.1) is 0 Å². The van der Waals surface area contributed by atoms with Crippen LogP contribution in [0.2, 0.25) is 0 Å². The number of nitrogens with one attached hydrogen (secondary N) is 3. The van der Waals surface area contributed by atoms with Crippen LogP contribution >= 0.6 is 12.4 Å². The molecule has 1 aliphatic carbocycles. The van der Waals surface area contributed by atoms with Crippen molar-refractivity contribution in [2.45, 2.75) is 51.1 Å². The van der Waals surface area contributed by atoms with E-state index in [0.29, 0.717) is 12.6 Å². The van der Waals surface area contributed by atoms with E-state index in [2.05, 4.69) is 15.6 Å².